The van der Waals surface area contributed by atoms with Gasteiger partial charge in [0.2, 0.25) is 11.7 Å². The maximum Gasteiger partial charge on any atom is 0.309 e. The number of likely N-dealkylation sites (tertiary alicyclic amines) is 1. The standard InChI is InChI=1S/C34H43NO10/c1-17-19-8-9-22-32-16-44-34(43,26(38)24(32)31(2,3)13-10-23(32)36)33(22,25(17)37)27(19)45-30(42)18-11-14-35(15-12-18)28(39)20-6-4-5-7-21(20)29(40)41/h4-5,18-22,24,26-27,38,43H,1,6-16H2,2-3H3,(H,40,41)/t19-,20?,21?,22-,24+,26-,27+,32+,33-,34-/m0/s1. The molecule has 0 aromatic rings. The Labute approximate surface area is 262 Å². The van der Waals surface area contributed by atoms with Crippen LogP contribution in [0.1, 0.15) is 65.2 Å². The van der Waals surface area contributed by atoms with Crippen LogP contribution in [0.25, 0.3) is 0 Å². The molecular weight excluding hydrogens is 582 g/mol. The number of ether oxygens (including phenoxy) is 2. The number of hydrogen-bond acceptors (Lipinski definition) is 9. The minimum Gasteiger partial charge on any atom is -0.481 e. The number of Topliss-reactive ketones (excluding diaryl/α,β-unsaturated/α-hetero) is 2. The van der Waals surface area contributed by atoms with Crippen LogP contribution in [0.3, 0.4) is 0 Å². The smallest absolute Gasteiger partial charge is 0.309 e. The summed E-state index contributed by atoms with van der Waals surface area (Å²) in [6.07, 6.45) is 3.91. The number of carboxylic acid groups (broad SMARTS) is 1. The van der Waals surface area contributed by atoms with Crippen LogP contribution in [0.15, 0.2) is 24.3 Å². The highest BCUT2D eigenvalue weighted by Crippen LogP contribution is 2.76. The predicted octanol–water partition coefficient (Wildman–Crippen LogP) is 2.04. The number of esters is 1. The topological polar surface area (TPSA) is 168 Å². The quantitative estimate of drug-likeness (QED) is 0.239. The van der Waals surface area contributed by atoms with Crippen molar-refractivity contribution in [1.82, 2.24) is 4.90 Å². The number of ketones is 2. The number of aliphatic hydroxyl groups excluding tert-OH is 1. The zero-order valence-electron chi connectivity index (χ0n) is 25.9. The number of nitrogens with zero attached hydrogens (tertiary/aromatic N) is 1. The third-order valence-electron chi connectivity index (χ3n) is 13.1. The summed E-state index contributed by atoms with van der Waals surface area (Å²) < 4.78 is 12.3. The lowest BCUT2D eigenvalue weighted by Gasteiger charge is -2.73. The molecule has 0 aromatic carbocycles. The van der Waals surface area contributed by atoms with Crippen molar-refractivity contribution in [2.24, 2.45) is 51.8 Å². The van der Waals surface area contributed by atoms with E-state index in [1.165, 1.54) is 0 Å². The predicted molar refractivity (Wildman–Crippen MR) is 156 cm³/mol. The van der Waals surface area contributed by atoms with Gasteiger partial charge in [-0.2, -0.15) is 0 Å². The van der Waals surface area contributed by atoms with E-state index in [2.05, 4.69) is 6.58 Å². The number of piperidine rings is 1. The Morgan fingerprint density at radius 1 is 1.04 bits per heavy atom. The van der Waals surface area contributed by atoms with Gasteiger partial charge in [-0.1, -0.05) is 32.6 Å². The van der Waals surface area contributed by atoms with Gasteiger partial charge in [-0.25, -0.2) is 0 Å². The molecule has 5 aliphatic carbocycles. The Bertz CT molecular complexity index is 1410. The fraction of sp³-hybridized carbons (Fsp3) is 0.735. The van der Waals surface area contributed by atoms with Crippen LogP contribution in [-0.4, -0.2) is 87.3 Å². The molecule has 8 aliphatic rings. The van der Waals surface area contributed by atoms with E-state index in [0.29, 0.717) is 44.9 Å². The Balaban J connectivity index is 1.15. The SMILES string of the molecule is C=C1C(=O)[C@]23[C@H](OC(=O)C4CCN(C(=O)C5CC=CCC5C(=O)O)CC4)[C@H]1CC[C@H]2[C@@]12CO[C@@]3(O)[C@@H](O)[C@@H]1C(C)(C)CCC2=O. The van der Waals surface area contributed by atoms with Crippen LogP contribution >= 0.6 is 0 Å². The second kappa shape index (κ2) is 10.1. The number of hydrogen-bond donors (Lipinski definition) is 3. The molecule has 4 bridgehead atoms. The lowest BCUT2D eigenvalue weighted by molar-refractivity contribution is -0.437. The average Bonchev–Trinajstić information content (AvgIpc) is 3.13. The summed E-state index contributed by atoms with van der Waals surface area (Å²) in [5, 5.41) is 33.8. The second-order valence-corrected chi connectivity index (χ2v) is 15.3. The summed E-state index contributed by atoms with van der Waals surface area (Å²) in [4.78, 5) is 68.7. The molecule has 3 saturated heterocycles. The molecule has 11 nitrogen and oxygen atoms in total. The van der Waals surface area contributed by atoms with Gasteiger partial charge >= 0.3 is 11.9 Å². The largest absolute Gasteiger partial charge is 0.481 e. The van der Waals surface area contributed by atoms with Crippen molar-refractivity contribution in [1.29, 1.82) is 0 Å². The molecule has 10 atom stereocenters. The molecule has 45 heavy (non-hydrogen) atoms. The van der Waals surface area contributed by atoms with Gasteiger partial charge in [0.15, 0.2) is 5.78 Å². The number of aliphatic hydroxyl groups is 2. The number of carbonyl (C=O) groups excluding carboxylic acids is 4. The fourth-order valence-corrected chi connectivity index (χ4v) is 10.9. The van der Waals surface area contributed by atoms with Crippen molar-refractivity contribution in [2.75, 3.05) is 19.7 Å². The van der Waals surface area contributed by atoms with E-state index in [1.54, 1.807) is 11.0 Å². The Morgan fingerprint density at radius 3 is 2.38 bits per heavy atom. The van der Waals surface area contributed by atoms with Crippen LogP contribution in [0.4, 0.5) is 0 Å². The average molecular weight is 626 g/mol. The minimum absolute atomic E-state index is 0.0820. The zero-order valence-corrected chi connectivity index (χ0v) is 25.9. The zero-order chi connectivity index (χ0) is 32.3. The highest BCUT2D eigenvalue weighted by Gasteiger charge is 2.88. The van der Waals surface area contributed by atoms with Gasteiger partial charge in [-0.15, -0.1) is 0 Å². The second-order valence-electron chi connectivity index (χ2n) is 15.3. The Morgan fingerprint density at radius 2 is 1.71 bits per heavy atom. The molecule has 8 rings (SSSR count). The normalized spacial score (nSPS) is 45.2. The molecule has 2 unspecified atom stereocenters. The number of carboxylic acids is 1. The molecule has 3 aliphatic heterocycles. The Kier molecular flexibility index (Phi) is 6.87. The van der Waals surface area contributed by atoms with E-state index < -0.39 is 87.5 Å². The number of rotatable bonds is 4. The molecular formula is C34H43NO10. The summed E-state index contributed by atoms with van der Waals surface area (Å²) in [7, 11) is 0. The number of aliphatic carboxylic acids is 1. The fourth-order valence-electron chi connectivity index (χ4n) is 10.9. The van der Waals surface area contributed by atoms with E-state index in [9.17, 15) is 39.3 Å². The number of allylic oxidation sites excluding steroid dienone is 2. The van der Waals surface area contributed by atoms with Gasteiger partial charge < -0.3 is 29.7 Å². The third kappa shape index (κ3) is 3.77. The summed E-state index contributed by atoms with van der Waals surface area (Å²) >= 11 is 0. The summed E-state index contributed by atoms with van der Waals surface area (Å²) in [5.41, 5.74) is -3.33. The van der Waals surface area contributed by atoms with Crippen LogP contribution < -0.4 is 0 Å². The van der Waals surface area contributed by atoms with Crippen molar-refractivity contribution in [3.8, 4) is 0 Å². The number of fused-ring (bicyclic) bond motifs is 2. The first-order valence-corrected chi connectivity index (χ1v) is 16.4. The lowest BCUT2D eigenvalue weighted by atomic mass is 9.36. The van der Waals surface area contributed by atoms with E-state index in [1.807, 2.05) is 19.9 Å². The van der Waals surface area contributed by atoms with Crippen LogP contribution in [0.2, 0.25) is 0 Å². The van der Waals surface area contributed by atoms with Crippen molar-refractivity contribution in [3.05, 3.63) is 24.3 Å². The van der Waals surface area contributed by atoms with Gasteiger partial charge in [0.05, 0.1) is 29.8 Å². The van der Waals surface area contributed by atoms with Gasteiger partial charge in [0.1, 0.15) is 23.4 Å². The molecule has 11 heteroatoms. The Hall–Kier alpha value is -2.89. The highest BCUT2D eigenvalue weighted by atomic mass is 16.6. The summed E-state index contributed by atoms with van der Waals surface area (Å²) in [6.45, 7) is 8.44. The van der Waals surface area contributed by atoms with Crippen molar-refractivity contribution in [2.45, 2.75) is 83.2 Å². The monoisotopic (exact) mass is 625 g/mol. The van der Waals surface area contributed by atoms with E-state index >= 15 is 0 Å². The first-order chi connectivity index (χ1) is 21.2. The molecule has 0 radical (unpaired) electrons. The number of amides is 1. The van der Waals surface area contributed by atoms with Crippen LogP contribution in [0, 0.1) is 51.8 Å². The molecule has 1 amide bonds. The number of carbonyl (C=O) groups is 5. The van der Waals surface area contributed by atoms with Crippen LogP contribution in [0.5, 0.6) is 0 Å². The van der Waals surface area contributed by atoms with Gasteiger partial charge in [0.25, 0.3) is 0 Å². The molecule has 4 saturated carbocycles. The van der Waals surface area contributed by atoms with Crippen molar-refractivity contribution >= 4 is 29.4 Å². The highest BCUT2D eigenvalue weighted by molar-refractivity contribution is 6.06. The van der Waals surface area contributed by atoms with E-state index in [0.717, 1.165) is 0 Å². The van der Waals surface area contributed by atoms with Gasteiger partial charge in [-0.05, 0) is 61.9 Å². The van der Waals surface area contributed by atoms with Crippen LogP contribution in [-0.2, 0) is 33.4 Å². The van der Waals surface area contributed by atoms with Gasteiger partial charge in [-0.3, -0.25) is 24.0 Å². The first kappa shape index (κ1) is 30.7. The summed E-state index contributed by atoms with van der Waals surface area (Å²) in [5.74, 6) is -8.63. The lowest BCUT2D eigenvalue weighted by Crippen LogP contribution is -2.85. The maximum atomic E-state index is 14.3. The molecule has 244 valence electrons. The van der Waals surface area contributed by atoms with E-state index in [-0.39, 0.29) is 43.4 Å². The molecule has 3 heterocycles. The molecule has 3 N–H and O–H groups in total. The molecule has 0 aromatic heterocycles. The minimum atomic E-state index is -2.36. The van der Waals surface area contributed by atoms with Gasteiger partial charge in [0, 0.05) is 31.3 Å². The molecule has 2 spiro atoms. The van der Waals surface area contributed by atoms with E-state index in [4.69, 9.17) is 9.47 Å². The maximum absolute atomic E-state index is 14.3. The molecule has 7 fully saturated rings. The first-order valence-electron chi connectivity index (χ1n) is 16.4. The van der Waals surface area contributed by atoms with Crippen molar-refractivity contribution < 1.29 is 48.8 Å². The summed E-state index contributed by atoms with van der Waals surface area (Å²) in [6, 6.07) is 0. The third-order valence-corrected chi connectivity index (χ3v) is 13.1. The van der Waals surface area contributed by atoms with Crippen molar-refractivity contribution in [3.63, 3.8) is 0 Å².